The van der Waals surface area contributed by atoms with Crippen molar-refractivity contribution in [3.63, 3.8) is 0 Å². The zero-order valence-electron chi connectivity index (χ0n) is 11.2. The molecule has 9 nitrogen and oxygen atoms in total. The molecular weight excluding hydrogens is 278 g/mol. The molecule has 0 saturated carbocycles. The van der Waals surface area contributed by atoms with Crippen LogP contribution >= 0.6 is 0 Å². The van der Waals surface area contributed by atoms with Crippen molar-refractivity contribution >= 4 is 23.2 Å². The Morgan fingerprint density at radius 3 is 2.86 bits per heavy atom. The number of hydrogen-bond donors (Lipinski definition) is 3. The van der Waals surface area contributed by atoms with Crippen LogP contribution in [0, 0.1) is 10.1 Å². The topological polar surface area (TPSA) is 131 Å². The molecule has 2 rings (SSSR count). The van der Waals surface area contributed by atoms with Crippen LogP contribution in [-0.2, 0) is 4.79 Å². The minimum absolute atomic E-state index is 0.112. The number of carbonyl (C=O) groups is 2. The largest absolute Gasteiger partial charge is 0.354 e. The zero-order chi connectivity index (χ0) is 15.4. The Bertz CT molecular complexity index is 589. The Morgan fingerprint density at radius 1 is 1.43 bits per heavy atom. The Kier molecular flexibility index (Phi) is 4.33. The molecule has 112 valence electrons. The molecule has 9 heteroatoms. The molecule has 1 aliphatic heterocycles. The number of benzene rings is 1. The average molecular weight is 293 g/mol. The molecule has 1 aliphatic rings. The van der Waals surface area contributed by atoms with Gasteiger partial charge in [0, 0.05) is 37.7 Å². The molecule has 21 heavy (non-hydrogen) atoms. The number of nitrogen functional groups attached to an aromatic ring is 1. The van der Waals surface area contributed by atoms with Crippen LogP contribution in [0.15, 0.2) is 18.2 Å². The van der Waals surface area contributed by atoms with Gasteiger partial charge in [-0.2, -0.15) is 0 Å². The van der Waals surface area contributed by atoms with Crippen molar-refractivity contribution in [1.82, 2.24) is 10.2 Å². The van der Waals surface area contributed by atoms with E-state index in [1.165, 1.54) is 23.1 Å². The quantitative estimate of drug-likeness (QED) is 0.403. The number of nitro groups is 1. The lowest BCUT2D eigenvalue weighted by Gasteiger charge is -2.19. The molecule has 1 fully saturated rings. The molecule has 4 N–H and O–H groups in total. The van der Waals surface area contributed by atoms with E-state index in [0.29, 0.717) is 13.1 Å². The smallest absolute Gasteiger partial charge is 0.294 e. The summed E-state index contributed by atoms with van der Waals surface area (Å²) in [7, 11) is 0. The molecule has 0 bridgehead atoms. The SMILES string of the molecule is NNc1ccc(C(=O)N2CCNC(=O)CC2)cc1[N+](=O)[O-]. The normalized spacial score (nSPS) is 15.1. The molecule has 0 atom stereocenters. The number of anilines is 1. The highest BCUT2D eigenvalue weighted by Crippen LogP contribution is 2.25. The van der Waals surface area contributed by atoms with Gasteiger partial charge in [0.2, 0.25) is 5.91 Å². The lowest BCUT2D eigenvalue weighted by atomic mass is 10.1. The van der Waals surface area contributed by atoms with E-state index in [0.717, 1.165) is 0 Å². The molecule has 0 radical (unpaired) electrons. The van der Waals surface area contributed by atoms with Crippen molar-refractivity contribution in [3.8, 4) is 0 Å². The van der Waals surface area contributed by atoms with Gasteiger partial charge >= 0.3 is 0 Å². The van der Waals surface area contributed by atoms with Gasteiger partial charge in [0.1, 0.15) is 5.69 Å². The van der Waals surface area contributed by atoms with Crippen LogP contribution in [0.5, 0.6) is 0 Å². The van der Waals surface area contributed by atoms with Crippen LogP contribution < -0.4 is 16.6 Å². The minimum atomic E-state index is -0.612. The molecular formula is C12H15N5O4. The standard InChI is InChI=1S/C12H15N5O4/c13-15-9-2-1-8(7-10(9)17(20)21)12(19)16-5-3-11(18)14-4-6-16/h1-2,7,15H,3-6,13H2,(H,14,18). The number of nitro benzene ring substituents is 1. The highest BCUT2D eigenvalue weighted by atomic mass is 16.6. The summed E-state index contributed by atoms with van der Waals surface area (Å²) in [6.07, 6.45) is 0.219. The highest BCUT2D eigenvalue weighted by molar-refractivity contribution is 5.96. The molecule has 0 aromatic heterocycles. The predicted molar refractivity (Wildman–Crippen MR) is 74.4 cm³/mol. The summed E-state index contributed by atoms with van der Waals surface area (Å²) in [5, 5.41) is 13.6. The van der Waals surface area contributed by atoms with Gasteiger partial charge in [0.25, 0.3) is 11.6 Å². The molecule has 1 aromatic carbocycles. The molecule has 0 aliphatic carbocycles. The third kappa shape index (κ3) is 3.26. The molecule has 2 amide bonds. The van der Waals surface area contributed by atoms with Crippen LogP contribution in [-0.4, -0.2) is 41.3 Å². The summed E-state index contributed by atoms with van der Waals surface area (Å²) < 4.78 is 0. The second kappa shape index (κ2) is 6.18. The summed E-state index contributed by atoms with van der Waals surface area (Å²) >= 11 is 0. The number of amides is 2. The van der Waals surface area contributed by atoms with Gasteiger partial charge < -0.3 is 15.6 Å². The third-order valence-corrected chi connectivity index (χ3v) is 3.20. The van der Waals surface area contributed by atoms with E-state index in [9.17, 15) is 19.7 Å². The monoisotopic (exact) mass is 293 g/mol. The molecule has 0 spiro atoms. The molecule has 1 heterocycles. The highest BCUT2D eigenvalue weighted by Gasteiger charge is 2.22. The van der Waals surface area contributed by atoms with Crippen LogP contribution in [0.3, 0.4) is 0 Å². The Labute approximate surface area is 120 Å². The molecule has 1 aromatic rings. The first-order valence-corrected chi connectivity index (χ1v) is 6.34. The Hall–Kier alpha value is -2.68. The van der Waals surface area contributed by atoms with Gasteiger partial charge in [-0.05, 0) is 12.1 Å². The van der Waals surface area contributed by atoms with Gasteiger partial charge in [-0.25, -0.2) is 0 Å². The lowest BCUT2D eigenvalue weighted by Crippen LogP contribution is -2.34. The molecule has 1 saturated heterocycles. The maximum absolute atomic E-state index is 12.3. The van der Waals surface area contributed by atoms with Crippen LogP contribution in [0.25, 0.3) is 0 Å². The van der Waals surface area contributed by atoms with Gasteiger partial charge in [-0.3, -0.25) is 25.5 Å². The zero-order valence-corrected chi connectivity index (χ0v) is 11.2. The first kappa shape index (κ1) is 14.7. The van der Waals surface area contributed by atoms with E-state index in [4.69, 9.17) is 5.84 Å². The van der Waals surface area contributed by atoms with Crippen LogP contribution in [0.1, 0.15) is 16.8 Å². The lowest BCUT2D eigenvalue weighted by molar-refractivity contribution is -0.384. The van der Waals surface area contributed by atoms with Crippen molar-refractivity contribution in [1.29, 1.82) is 0 Å². The number of nitrogens with one attached hydrogen (secondary N) is 2. The van der Waals surface area contributed by atoms with Crippen molar-refractivity contribution in [2.75, 3.05) is 25.1 Å². The summed E-state index contributed by atoms with van der Waals surface area (Å²) in [6.45, 7) is 1.03. The summed E-state index contributed by atoms with van der Waals surface area (Å²) in [5.41, 5.74) is 2.27. The van der Waals surface area contributed by atoms with E-state index in [1.807, 2.05) is 0 Å². The van der Waals surface area contributed by atoms with Crippen molar-refractivity contribution < 1.29 is 14.5 Å². The second-order valence-corrected chi connectivity index (χ2v) is 4.53. The first-order chi connectivity index (χ1) is 10.0. The number of hydrogen-bond acceptors (Lipinski definition) is 6. The van der Waals surface area contributed by atoms with Crippen molar-refractivity contribution in [3.05, 3.63) is 33.9 Å². The minimum Gasteiger partial charge on any atom is -0.354 e. The maximum atomic E-state index is 12.3. The van der Waals surface area contributed by atoms with Gasteiger partial charge in [0.05, 0.1) is 4.92 Å². The van der Waals surface area contributed by atoms with Crippen LogP contribution in [0.4, 0.5) is 11.4 Å². The number of carbonyl (C=O) groups excluding carboxylic acids is 2. The fourth-order valence-corrected chi connectivity index (χ4v) is 2.09. The number of hydrazine groups is 1. The molecule has 0 unspecified atom stereocenters. The van der Waals surface area contributed by atoms with E-state index in [1.54, 1.807) is 0 Å². The van der Waals surface area contributed by atoms with Crippen molar-refractivity contribution in [2.45, 2.75) is 6.42 Å². The number of rotatable bonds is 3. The first-order valence-electron chi connectivity index (χ1n) is 6.34. The predicted octanol–water partition coefficient (Wildman–Crippen LogP) is -0.157. The summed E-state index contributed by atoms with van der Waals surface area (Å²) in [4.78, 5) is 35.4. The van der Waals surface area contributed by atoms with Crippen LogP contribution in [0.2, 0.25) is 0 Å². The maximum Gasteiger partial charge on any atom is 0.294 e. The second-order valence-electron chi connectivity index (χ2n) is 4.53. The van der Waals surface area contributed by atoms with Gasteiger partial charge in [0.15, 0.2) is 0 Å². The number of nitrogens with zero attached hydrogens (tertiary/aromatic N) is 2. The average Bonchev–Trinajstić information content (AvgIpc) is 2.70. The summed E-state index contributed by atoms with van der Waals surface area (Å²) in [6, 6.07) is 4.02. The van der Waals surface area contributed by atoms with Gasteiger partial charge in [-0.1, -0.05) is 0 Å². The summed E-state index contributed by atoms with van der Waals surface area (Å²) in [5.74, 6) is 4.74. The third-order valence-electron chi connectivity index (χ3n) is 3.20. The fraction of sp³-hybridized carbons (Fsp3) is 0.333. The van der Waals surface area contributed by atoms with E-state index >= 15 is 0 Å². The Morgan fingerprint density at radius 2 is 2.19 bits per heavy atom. The van der Waals surface area contributed by atoms with Gasteiger partial charge in [-0.15, -0.1) is 0 Å². The Balaban J connectivity index is 2.24. The van der Waals surface area contributed by atoms with Crippen molar-refractivity contribution in [2.24, 2.45) is 5.84 Å². The van der Waals surface area contributed by atoms with E-state index in [2.05, 4.69) is 10.7 Å². The fourth-order valence-electron chi connectivity index (χ4n) is 2.09. The number of nitrogens with two attached hydrogens (primary N) is 1. The van der Waals surface area contributed by atoms with E-state index in [-0.39, 0.29) is 41.7 Å². The van der Waals surface area contributed by atoms with E-state index < -0.39 is 4.92 Å².